The van der Waals surface area contributed by atoms with Crippen LogP contribution in [0.15, 0.2) is 30.3 Å². The molecule has 11 nitrogen and oxygen atoms in total. The van der Waals surface area contributed by atoms with Crippen molar-refractivity contribution in [3.05, 3.63) is 35.9 Å². The lowest BCUT2D eigenvalue weighted by atomic mass is 10.1. The molecule has 0 heterocycles. The number of nitrogens with one attached hydrogen (secondary N) is 5. The Balaban J connectivity index is 2.38. The van der Waals surface area contributed by atoms with Crippen LogP contribution in [0.1, 0.15) is 38.2 Å². The Bertz CT molecular complexity index is 802. The van der Waals surface area contributed by atoms with Gasteiger partial charge in [-0.15, -0.1) is 0 Å². The molecule has 34 heavy (non-hydrogen) atoms. The Labute approximate surface area is 200 Å². The third-order valence-corrected chi connectivity index (χ3v) is 4.84. The van der Waals surface area contributed by atoms with Crippen LogP contribution >= 0.6 is 0 Å². The number of benzene rings is 1. The van der Waals surface area contributed by atoms with Gasteiger partial charge in [-0.1, -0.05) is 43.2 Å². The van der Waals surface area contributed by atoms with Crippen molar-refractivity contribution in [2.75, 3.05) is 32.7 Å². The zero-order valence-corrected chi connectivity index (χ0v) is 19.7. The average Bonchev–Trinajstić information content (AvgIpc) is 2.83. The largest absolute Gasteiger partial charge is 0.356 e. The summed E-state index contributed by atoms with van der Waals surface area (Å²) in [4.78, 5) is 58.4. The number of nitrogens with two attached hydrogens (primary N) is 1. The first-order valence-corrected chi connectivity index (χ1v) is 11.4. The molecule has 1 rings (SSSR count). The summed E-state index contributed by atoms with van der Waals surface area (Å²) in [5, 5.41) is 8.08. The highest BCUT2D eigenvalue weighted by Crippen LogP contribution is 2.03. The van der Waals surface area contributed by atoms with Crippen LogP contribution in [0.2, 0.25) is 0 Å². The van der Waals surface area contributed by atoms with Crippen molar-refractivity contribution in [1.82, 2.24) is 26.8 Å². The van der Waals surface area contributed by atoms with Gasteiger partial charge in [0.25, 0.3) is 0 Å². The Morgan fingerprint density at radius 3 is 2.09 bits per heavy atom. The van der Waals surface area contributed by atoms with Crippen molar-refractivity contribution in [3.8, 4) is 0 Å². The summed E-state index contributed by atoms with van der Waals surface area (Å²) in [7, 11) is 0. The van der Waals surface area contributed by atoms with Gasteiger partial charge in [0.05, 0.1) is 19.6 Å². The molecule has 0 spiro atoms. The molecule has 0 unspecified atom stereocenters. The molecule has 188 valence electrons. The number of Topliss-reactive ketones (excluding diaryl/α,β-unsaturated/α-hetero) is 2. The van der Waals surface area contributed by atoms with Gasteiger partial charge in [0, 0.05) is 20.0 Å². The molecule has 7 N–H and O–H groups in total. The normalized spacial score (nSPS) is 11.4. The Hall–Kier alpha value is -3.15. The Morgan fingerprint density at radius 2 is 1.47 bits per heavy atom. The zero-order chi connectivity index (χ0) is 25.2. The molecule has 1 aromatic rings. The number of rotatable bonds is 18. The van der Waals surface area contributed by atoms with Gasteiger partial charge in [-0.05, 0) is 24.8 Å². The van der Waals surface area contributed by atoms with Crippen molar-refractivity contribution >= 4 is 29.3 Å². The Morgan fingerprint density at radius 1 is 0.824 bits per heavy atom. The van der Waals surface area contributed by atoms with Gasteiger partial charge in [0.2, 0.25) is 29.3 Å². The topological polar surface area (TPSA) is 172 Å². The molecule has 0 aliphatic rings. The summed E-state index contributed by atoms with van der Waals surface area (Å²) in [5.74, 6) is -2.17. The molecule has 0 fully saturated rings. The fraction of sp³-hybridized carbons (Fsp3) is 0.522. The summed E-state index contributed by atoms with van der Waals surface area (Å²) in [6.45, 7) is 1.77. The number of hydrogen-bond acceptors (Lipinski definition) is 8. The first-order valence-electron chi connectivity index (χ1n) is 11.4. The fourth-order valence-corrected chi connectivity index (χ4v) is 2.97. The van der Waals surface area contributed by atoms with Crippen LogP contribution in [-0.4, -0.2) is 68.1 Å². The quantitative estimate of drug-likeness (QED) is 0.0863. The lowest BCUT2D eigenvalue weighted by Crippen LogP contribution is -2.54. The molecule has 1 atom stereocenters. The predicted molar refractivity (Wildman–Crippen MR) is 127 cm³/mol. The van der Waals surface area contributed by atoms with E-state index in [9.17, 15) is 24.0 Å². The van der Waals surface area contributed by atoms with Gasteiger partial charge < -0.3 is 21.7 Å². The number of carbonyl (C=O) groups is 5. The van der Waals surface area contributed by atoms with E-state index in [2.05, 4.69) is 26.8 Å². The SMILES string of the molecule is CC(=O)NCCCCCCNC(=O)CNC(=O)[C@H](Cc1ccccc1)NNCC(=O)C(=O)CN. The highest BCUT2D eigenvalue weighted by Gasteiger charge is 2.20. The molecule has 11 heteroatoms. The van der Waals surface area contributed by atoms with Crippen LogP contribution in [-0.2, 0) is 30.4 Å². The number of ketones is 2. The number of hydrogen-bond donors (Lipinski definition) is 6. The minimum Gasteiger partial charge on any atom is -0.356 e. The van der Waals surface area contributed by atoms with Crippen LogP contribution < -0.4 is 32.5 Å². The van der Waals surface area contributed by atoms with Crippen molar-refractivity contribution in [1.29, 1.82) is 0 Å². The molecule has 0 aliphatic heterocycles. The van der Waals surface area contributed by atoms with Crippen LogP contribution in [0, 0.1) is 0 Å². The van der Waals surface area contributed by atoms with E-state index in [0.29, 0.717) is 19.5 Å². The second kappa shape index (κ2) is 17.3. The van der Waals surface area contributed by atoms with E-state index in [-0.39, 0.29) is 31.4 Å². The van der Waals surface area contributed by atoms with Crippen molar-refractivity contribution in [2.24, 2.45) is 5.73 Å². The first-order chi connectivity index (χ1) is 16.3. The van der Waals surface area contributed by atoms with E-state index in [1.807, 2.05) is 30.3 Å². The third kappa shape index (κ3) is 13.4. The number of hydrazine groups is 1. The van der Waals surface area contributed by atoms with Crippen molar-refractivity contribution in [3.63, 3.8) is 0 Å². The minimum absolute atomic E-state index is 0.0403. The molecule has 0 bridgehead atoms. The average molecular weight is 477 g/mol. The highest BCUT2D eigenvalue weighted by molar-refractivity contribution is 6.38. The van der Waals surface area contributed by atoms with Gasteiger partial charge in [-0.25, -0.2) is 10.9 Å². The number of amides is 3. The summed E-state index contributed by atoms with van der Waals surface area (Å²) in [5.41, 5.74) is 11.4. The van der Waals surface area contributed by atoms with Crippen LogP contribution in [0.5, 0.6) is 0 Å². The molecule has 0 saturated carbocycles. The third-order valence-electron chi connectivity index (χ3n) is 4.84. The lowest BCUT2D eigenvalue weighted by Gasteiger charge is -2.19. The van der Waals surface area contributed by atoms with Gasteiger partial charge in [0.15, 0.2) is 0 Å². The Kier molecular flexibility index (Phi) is 14.7. The van der Waals surface area contributed by atoms with Gasteiger partial charge >= 0.3 is 0 Å². The van der Waals surface area contributed by atoms with Gasteiger partial charge in [0.1, 0.15) is 6.04 Å². The standard InChI is InChI=1S/C23H36N6O5/c1-17(30)25-11-7-2-3-8-12-26-22(33)16-27-23(34)19(13-18-9-5-4-6-10-18)29-28-15-21(32)20(31)14-24/h4-6,9-10,19,28-29H,2-3,7-8,11-16,24H2,1H3,(H,25,30)(H,26,33)(H,27,34)/t19-/m0/s1. The summed E-state index contributed by atoms with van der Waals surface area (Å²) >= 11 is 0. The van der Waals surface area contributed by atoms with E-state index in [4.69, 9.17) is 5.73 Å². The summed E-state index contributed by atoms with van der Waals surface area (Å²) in [6, 6.07) is 8.47. The van der Waals surface area contributed by atoms with E-state index < -0.39 is 23.5 Å². The van der Waals surface area contributed by atoms with Gasteiger partial charge in [-0.3, -0.25) is 24.0 Å². The number of carbonyl (C=O) groups excluding carboxylic acids is 5. The molecule has 0 aromatic heterocycles. The van der Waals surface area contributed by atoms with E-state index in [1.165, 1.54) is 6.92 Å². The molecular formula is C23H36N6O5. The predicted octanol–water partition coefficient (Wildman–Crippen LogP) is -1.28. The maximum atomic E-state index is 12.6. The van der Waals surface area contributed by atoms with E-state index >= 15 is 0 Å². The number of unbranched alkanes of at least 4 members (excludes halogenated alkanes) is 3. The van der Waals surface area contributed by atoms with Crippen molar-refractivity contribution in [2.45, 2.75) is 45.1 Å². The molecular weight excluding hydrogens is 440 g/mol. The molecule has 3 amide bonds. The second-order valence-corrected chi connectivity index (χ2v) is 7.76. The van der Waals surface area contributed by atoms with Gasteiger partial charge in [-0.2, -0.15) is 0 Å². The maximum absolute atomic E-state index is 12.6. The smallest absolute Gasteiger partial charge is 0.239 e. The van der Waals surface area contributed by atoms with E-state index in [0.717, 1.165) is 31.2 Å². The molecule has 0 aliphatic carbocycles. The highest BCUT2D eigenvalue weighted by atomic mass is 16.2. The van der Waals surface area contributed by atoms with Crippen LogP contribution in [0.3, 0.4) is 0 Å². The first kappa shape index (κ1) is 28.9. The monoisotopic (exact) mass is 476 g/mol. The summed E-state index contributed by atoms with van der Waals surface area (Å²) < 4.78 is 0. The zero-order valence-electron chi connectivity index (χ0n) is 19.7. The molecule has 0 saturated heterocycles. The van der Waals surface area contributed by atoms with Crippen LogP contribution in [0.25, 0.3) is 0 Å². The molecule has 0 radical (unpaired) electrons. The second-order valence-electron chi connectivity index (χ2n) is 7.76. The fourth-order valence-electron chi connectivity index (χ4n) is 2.97. The van der Waals surface area contributed by atoms with Crippen LogP contribution in [0.4, 0.5) is 0 Å². The lowest BCUT2D eigenvalue weighted by molar-refractivity contribution is -0.135. The maximum Gasteiger partial charge on any atom is 0.239 e. The van der Waals surface area contributed by atoms with Crippen molar-refractivity contribution < 1.29 is 24.0 Å². The minimum atomic E-state index is -0.778. The van der Waals surface area contributed by atoms with E-state index in [1.54, 1.807) is 0 Å². The summed E-state index contributed by atoms with van der Waals surface area (Å²) in [6.07, 6.45) is 3.87. The molecule has 1 aromatic carbocycles.